The predicted octanol–water partition coefficient (Wildman–Crippen LogP) is 3.44. The number of carbonyl (C=O) groups is 1. The van der Waals surface area contributed by atoms with Crippen molar-refractivity contribution >= 4 is 28.5 Å². The Labute approximate surface area is 150 Å². The standard InChI is InChI=1S/C19H18FN3OS/c1-12-5-3-4-6-15(12)11-17-18(24)21-19(25-17)23-22-13(2)14-7-9-16(20)10-8-14/h3-10,17,22H,2,11H2,1H3,(H,21,23,24)/t17-/m0/s1. The van der Waals surface area contributed by atoms with Gasteiger partial charge >= 0.3 is 0 Å². The molecule has 6 heteroatoms. The van der Waals surface area contributed by atoms with Gasteiger partial charge in [0.2, 0.25) is 5.91 Å². The van der Waals surface area contributed by atoms with Gasteiger partial charge in [-0.05, 0) is 54.3 Å². The first-order valence-electron chi connectivity index (χ1n) is 7.83. The molecule has 1 fully saturated rings. The van der Waals surface area contributed by atoms with E-state index in [1.54, 1.807) is 12.1 Å². The maximum Gasteiger partial charge on any atom is 0.239 e. The number of benzene rings is 2. The summed E-state index contributed by atoms with van der Waals surface area (Å²) in [6.45, 7) is 5.91. The lowest BCUT2D eigenvalue weighted by atomic mass is 10.0. The number of halogens is 1. The van der Waals surface area contributed by atoms with Crippen LogP contribution in [0.3, 0.4) is 0 Å². The summed E-state index contributed by atoms with van der Waals surface area (Å²) in [6.07, 6.45) is 0.654. The lowest BCUT2D eigenvalue weighted by Gasteiger charge is -2.08. The van der Waals surface area contributed by atoms with Crippen molar-refractivity contribution in [3.8, 4) is 0 Å². The quantitative estimate of drug-likeness (QED) is 0.808. The Bertz CT molecular complexity index is 833. The van der Waals surface area contributed by atoms with Crippen molar-refractivity contribution in [1.29, 1.82) is 0 Å². The fourth-order valence-corrected chi connectivity index (χ4v) is 3.42. The lowest BCUT2D eigenvalue weighted by molar-refractivity contribution is -0.118. The number of nitrogens with zero attached hydrogens (tertiary/aromatic N) is 1. The Morgan fingerprint density at radius 3 is 2.72 bits per heavy atom. The van der Waals surface area contributed by atoms with Crippen LogP contribution in [0, 0.1) is 12.7 Å². The number of hydrazone groups is 1. The van der Waals surface area contributed by atoms with Crippen LogP contribution in [0.4, 0.5) is 4.39 Å². The van der Waals surface area contributed by atoms with Crippen LogP contribution in [0.5, 0.6) is 0 Å². The fraction of sp³-hybridized carbons (Fsp3) is 0.158. The number of hydrogen-bond donors (Lipinski definition) is 2. The second kappa shape index (κ2) is 7.53. The summed E-state index contributed by atoms with van der Waals surface area (Å²) in [5.41, 5.74) is 6.40. The Kier molecular flexibility index (Phi) is 5.19. The summed E-state index contributed by atoms with van der Waals surface area (Å²) in [7, 11) is 0. The van der Waals surface area contributed by atoms with E-state index in [-0.39, 0.29) is 17.0 Å². The van der Waals surface area contributed by atoms with Crippen LogP contribution in [-0.2, 0) is 11.2 Å². The first-order chi connectivity index (χ1) is 12.0. The molecule has 1 atom stereocenters. The van der Waals surface area contributed by atoms with Crippen molar-refractivity contribution in [2.75, 3.05) is 0 Å². The number of amidine groups is 1. The summed E-state index contributed by atoms with van der Waals surface area (Å²) in [4.78, 5) is 12.1. The number of amides is 1. The van der Waals surface area contributed by atoms with Crippen LogP contribution in [0.1, 0.15) is 16.7 Å². The van der Waals surface area contributed by atoms with E-state index in [1.807, 2.05) is 31.2 Å². The summed E-state index contributed by atoms with van der Waals surface area (Å²) in [5.74, 6) is -0.360. The molecule has 1 aliphatic heterocycles. The number of rotatable bonds is 5. The molecule has 1 amide bonds. The van der Waals surface area contributed by atoms with Gasteiger partial charge < -0.3 is 5.32 Å². The Morgan fingerprint density at radius 2 is 2.00 bits per heavy atom. The van der Waals surface area contributed by atoms with Crippen molar-refractivity contribution < 1.29 is 9.18 Å². The van der Waals surface area contributed by atoms with Gasteiger partial charge in [-0.3, -0.25) is 10.2 Å². The van der Waals surface area contributed by atoms with Gasteiger partial charge in [0, 0.05) is 0 Å². The monoisotopic (exact) mass is 355 g/mol. The first-order valence-corrected chi connectivity index (χ1v) is 8.71. The maximum absolute atomic E-state index is 12.9. The molecule has 2 aromatic rings. The lowest BCUT2D eigenvalue weighted by Crippen LogP contribution is -2.27. The third-order valence-corrected chi connectivity index (χ3v) is 5.01. The van der Waals surface area contributed by atoms with Crippen LogP contribution < -0.4 is 10.7 Å². The SMILES string of the molecule is C=C(N/N=C1/NC(=O)[C@H](Cc2ccccc2C)S1)c1ccc(F)cc1. The van der Waals surface area contributed by atoms with Crippen molar-refractivity contribution in [2.24, 2.45) is 5.10 Å². The molecule has 2 N–H and O–H groups in total. The molecule has 0 bridgehead atoms. The van der Waals surface area contributed by atoms with E-state index in [0.717, 1.165) is 11.1 Å². The Balaban J connectivity index is 1.62. The molecule has 0 aromatic heterocycles. The molecular weight excluding hydrogens is 337 g/mol. The smallest absolute Gasteiger partial charge is 0.239 e. The molecule has 1 aliphatic rings. The molecular formula is C19H18FN3OS. The molecule has 1 heterocycles. The third-order valence-electron chi connectivity index (χ3n) is 3.93. The third kappa shape index (κ3) is 4.28. The second-order valence-corrected chi connectivity index (χ2v) is 6.93. The van der Waals surface area contributed by atoms with Crippen LogP contribution in [0.25, 0.3) is 5.70 Å². The van der Waals surface area contributed by atoms with Crippen LogP contribution in [0.15, 0.2) is 60.2 Å². The van der Waals surface area contributed by atoms with E-state index in [1.165, 1.54) is 29.5 Å². The zero-order chi connectivity index (χ0) is 17.8. The number of hydrogen-bond acceptors (Lipinski definition) is 4. The van der Waals surface area contributed by atoms with Gasteiger partial charge in [0.25, 0.3) is 0 Å². The summed E-state index contributed by atoms with van der Waals surface area (Å²) < 4.78 is 12.9. The van der Waals surface area contributed by atoms with Gasteiger partial charge in [-0.2, -0.15) is 0 Å². The van der Waals surface area contributed by atoms with Gasteiger partial charge in [0.15, 0.2) is 5.17 Å². The molecule has 25 heavy (non-hydrogen) atoms. The molecule has 128 valence electrons. The minimum atomic E-state index is -0.305. The van der Waals surface area contributed by atoms with Crippen LogP contribution in [0.2, 0.25) is 0 Å². The highest BCUT2D eigenvalue weighted by atomic mass is 32.2. The number of carbonyl (C=O) groups excluding carboxylic acids is 1. The number of nitrogens with one attached hydrogen (secondary N) is 2. The van der Waals surface area contributed by atoms with E-state index in [2.05, 4.69) is 22.4 Å². The minimum Gasteiger partial charge on any atom is -0.303 e. The van der Waals surface area contributed by atoms with Gasteiger partial charge in [0.05, 0.1) is 10.9 Å². The van der Waals surface area contributed by atoms with E-state index >= 15 is 0 Å². The highest BCUT2D eigenvalue weighted by molar-refractivity contribution is 8.15. The summed E-state index contributed by atoms with van der Waals surface area (Å²) in [5, 5.41) is 7.26. The number of aryl methyl sites for hydroxylation is 1. The minimum absolute atomic E-state index is 0.0544. The number of thioether (sulfide) groups is 1. The average Bonchev–Trinajstić information content (AvgIpc) is 2.95. The van der Waals surface area contributed by atoms with Crippen molar-refractivity contribution in [3.05, 3.63) is 77.6 Å². The van der Waals surface area contributed by atoms with Gasteiger partial charge in [-0.1, -0.05) is 42.6 Å². The molecule has 4 nitrogen and oxygen atoms in total. The van der Waals surface area contributed by atoms with Crippen molar-refractivity contribution in [2.45, 2.75) is 18.6 Å². The van der Waals surface area contributed by atoms with Gasteiger partial charge in [0.1, 0.15) is 5.82 Å². The fourth-order valence-electron chi connectivity index (χ4n) is 2.47. The van der Waals surface area contributed by atoms with Crippen molar-refractivity contribution in [3.63, 3.8) is 0 Å². The van der Waals surface area contributed by atoms with Crippen LogP contribution >= 0.6 is 11.8 Å². The van der Waals surface area contributed by atoms with E-state index < -0.39 is 0 Å². The van der Waals surface area contributed by atoms with Crippen molar-refractivity contribution in [1.82, 2.24) is 10.7 Å². The molecule has 0 radical (unpaired) electrons. The largest absolute Gasteiger partial charge is 0.303 e. The molecule has 1 saturated heterocycles. The molecule has 0 unspecified atom stereocenters. The van der Waals surface area contributed by atoms with E-state index in [4.69, 9.17) is 0 Å². The van der Waals surface area contributed by atoms with Gasteiger partial charge in [-0.15, -0.1) is 5.10 Å². The van der Waals surface area contributed by atoms with Crippen LogP contribution in [-0.4, -0.2) is 16.3 Å². The van der Waals surface area contributed by atoms with E-state index in [0.29, 0.717) is 17.3 Å². The Hall–Kier alpha value is -2.60. The predicted molar refractivity (Wildman–Crippen MR) is 100 cm³/mol. The normalized spacial score (nSPS) is 18.2. The zero-order valence-electron chi connectivity index (χ0n) is 13.8. The second-order valence-electron chi connectivity index (χ2n) is 5.74. The molecule has 2 aromatic carbocycles. The average molecular weight is 355 g/mol. The Morgan fingerprint density at radius 1 is 1.28 bits per heavy atom. The maximum atomic E-state index is 12.9. The topological polar surface area (TPSA) is 53.5 Å². The molecule has 0 spiro atoms. The first kappa shape index (κ1) is 17.2. The highest BCUT2D eigenvalue weighted by Gasteiger charge is 2.30. The highest BCUT2D eigenvalue weighted by Crippen LogP contribution is 2.24. The summed E-state index contributed by atoms with van der Waals surface area (Å²) in [6, 6.07) is 14.0. The molecule has 0 saturated carbocycles. The summed E-state index contributed by atoms with van der Waals surface area (Å²) >= 11 is 1.39. The van der Waals surface area contributed by atoms with Gasteiger partial charge in [-0.25, -0.2) is 4.39 Å². The van der Waals surface area contributed by atoms with E-state index in [9.17, 15) is 9.18 Å². The molecule has 3 rings (SSSR count). The zero-order valence-corrected chi connectivity index (χ0v) is 14.6. The molecule has 0 aliphatic carbocycles.